The summed E-state index contributed by atoms with van der Waals surface area (Å²) in [6.45, 7) is 1.43. The molecule has 0 aliphatic heterocycles. The number of Topliss-reactive ketones (excluding diaryl/α,β-unsaturated/α-hetero) is 1. The molecule has 0 bridgehead atoms. The molecule has 0 radical (unpaired) electrons. The second-order valence-electron chi connectivity index (χ2n) is 2.51. The molecule has 1 N–H and O–H groups in total. The van der Waals surface area contributed by atoms with Gasteiger partial charge >= 0.3 is 0 Å². The average Bonchev–Trinajstić information content (AvgIpc) is 2.04. The monoisotopic (exact) mass is 197 g/mol. The van der Waals surface area contributed by atoms with Crippen LogP contribution in [0.5, 0.6) is 0 Å². The molecule has 0 aliphatic rings. The highest BCUT2D eigenvalue weighted by Crippen LogP contribution is 2.20. The Balaban J connectivity index is 3.17. The standard InChI is InChI=1S/C9H8ClNO2/c1-6(13)8-3-2-7(10)4-9(8)11-5-12/h2-5H,1H3,(H,11,12). The summed E-state index contributed by atoms with van der Waals surface area (Å²) in [5.41, 5.74) is 0.895. The highest BCUT2D eigenvalue weighted by atomic mass is 35.5. The van der Waals surface area contributed by atoms with Crippen molar-refractivity contribution in [3.63, 3.8) is 0 Å². The van der Waals surface area contributed by atoms with Crippen LogP contribution < -0.4 is 5.32 Å². The van der Waals surface area contributed by atoms with E-state index >= 15 is 0 Å². The molecule has 13 heavy (non-hydrogen) atoms. The smallest absolute Gasteiger partial charge is 0.211 e. The van der Waals surface area contributed by atoms with Crippen LogP contribution in [0.15, 0.2) is 18.2 Å². The van der Waals surface area contributed by atoms with Crippen molar-refractivity contribution in [3.05, 3.63) is 28.8 Å². The van der Waals surface area contributed by atoms with Crippen LogP contribution in [0.1, 0.15) is 17.3 Å². The topological polar surface area (TPSA) is 46.2 Å². The molecule has 4 heteroatoms. The zero-order chi connectivity index (χ0) is 9.84. The molecular weight excluding hydrogens is 190 g/mol. The number of amides is 1. The molecule has 1 amide bonds. The summed E-state index contributed by atoms with van der Waals surface area (Å²) in [6, 6.07) is 4.72. The van der Waals surface area contributed by atoms with Gasteiger partial charge in [-0.2, -0.15) is 0 Å². The van der Waals surface area contributed by atoms with Gasteiger partial charge in [-0.15, -0.1) is 0 Å². The zero-order valence-corrected chi connectivity index (χ0v) is 7.76. The Hall–Kier alpha value is -1.35. The third-order valence-corrected chi connectivity index (χ3v) is 1.81. The number of rotatable bonds is 3. The van der Waals surface area contributed by atoms with Gasteiger partial charge in [0, 0.05) is 10.6 Å². The largest absolute Gasteiger partial charge is 0.328 e. The van der Waals surface area contributed by atoms with E-state index in [4.69, 9.17) is 11.6 Å². The van der Waals surface area contributed by atoms with Gasteiger partial charge in [0.25, 0.3) is 0 Å². The van der Waals surface area contributed by atoms with Gasteiger partial charge in [0.05, 0.1) is 5.69 Å². The van der Waals surface area contributed by atoms with E-state index in [9.17, 15) is 9.59 Å². The molecule has 0 fully saturated rings. The van der Waals surface area contributed by atoms with Crippen molar-refractivity contribution in [2.75, 3.05) is 5.32 Å². The molecule has 3 nitrogen and oxygen atoms in total. The predicted octanol–water partition coefficient (Wildman–Crippen LogP) is 2.11. The van der Waals surface area contributed by atoms with Gasteiger partial charge in [-0.05, 0) is 25.1 Å². The minimum Gasteiger partial charge on any atom is -0.328 e. The summed E-state index contributed by atoms with van der Waals surface area (Å²) in [7, 11) is 0. The van der Waals surface area contributed by atoms with Crippen LogP contribution in [0.4, 0.5) is 5.69 Å². The Kier molecular flexibility index (Phi) is 3.03. The van der Waals surface area contributed by atoms with Gasteiger partial charge in [0.2, 0.25) is 6.41 Å². The molecule has 0 aromatic heterocycles. The van der Waals surface area contributed by atoms with Crippen LogP contribution in [0.3, 0.4) is 0 Å². The van der Waals surface area contributed by atoms with Crippen molar-refractivity contribution in [1.29, 1.82) is 0 Å². The lowest BCUT2D eigenvalue weighted by Crippen LogP contribution is -2.02. The van der Waals surface area contributed by atoms with Crippen LogP contribution >= 0.6 is 11.6 Å². The number of carbonyl (C=O) groups is 2. The Labute approximate surface area is 80.7 Å². The molecule has 0 spiro atoms. The maximum Gasteiger partial charge on any atom is 0.211 e. The normalized spacial score (nSPS) is 9.38. The minimum atomic E-state index is -0.110. The van der Waals surface area contributed by atoms with Crippen LogP contribution in [0, 0.1) is 0 Å². The molecule has 0 aliphatic carbocycles. The van der Waals surface area contributed by atoms with E-state index in [0.717, 1.165) is 0 Å². The van der Waals surface area contributed by atoms with E-state index in [1.54, 1.807) is 12.1 Å². The Bertz CT molecular complexity index is 349. The third-order valence-electron chi connectivity index (χ3n) is 1.58. The van der Waals surface area contributed by atoms with Crippen LogP contribution in [-0.2, 0) is 4.79 Å². The average molecular weight is 198 g/mol. The van der Waals surface area contributed by atoms with Crippen molar-refractivity contribution >= 4 is 29.5 Å². The van der Waals surface area contributed by atoms with Crippen molar-refractivity contribution in [2.45, 2.75) is 6.92 Å². The Morgan fingerprint density at radius 1 is 1.54 bits per heavy atom. The molecule has 0 atom stereocenters. The van der Waals surface area contributed by atoms with Gasteiger partial charge in [-0.1, -0.05) is 11.6 Å². The minimum absolute atomic E-state index is 0.110. The van der Waals surface area contributed by atoms with Crippen LogP contribution in [0.25, 0.3) is 0 Å². The quantitative estimate of drug-likeness (QED) is 0.596. The van der Waals surface area contributed by atoms with Gasteiger partial charge in [-0.3, -0.25) is 9.59 Å². The van der Waals surface area contributed by atoms with Crippen LogP contribution in [0.2, 0.25) is 5.02 Å². The number of halogens is 1. The number of carbonyl (C=O) groups excluding carboxylic acids is 2. The lowest BCUT2D eigenvalue weighted by molar-refractivity contribution is -0.105. The zero-order valence-electron chi connectivity index (χ0n) is 7.00. The summed E-state index contributed by atoms with van der Waals surface area (Å²) < 4.78 is 0. The summed E-state index contributed by atoms with van der Waals surface area (Å²) in [6.07, 6.45) is 0.512. The summed E-state index contributed by atoms with van der Waals surface area (Å²) in [5, 5.41) is 2.89. The number of hydrogen-bond acceptors (Lipinski definition) is 2. The summed E-state index contributed by atoms with van der Waals surface area (Å²) in [5.74, 6) is -0.110. The number of hydrogen-bond donors (Lipinski definition) is 1. The fourth-order valence-electron chi connectivity index (χ4n) is 1.01. The Morgan fingerprint density at radius 3 is 2.77 bits per heavy atom. The molecule has 68 valence electrons. The maximum absolute atomic E-state index is 11.1. The van der Waals surface area contributed by atoms with E-state index in [2.05, 4.69) is 5.32 Å². The second-order valence-corrected chi connectivity index (χ2v) is 2.94. The number of benzene rings is 1. The van der Waals surface area contributed by atoms with Crippen molar-refractivity contribution in [1.82, 2.24) is 0 Å². The summed E-state index contributed by atoms with van der Waals surface area (Å²) in [4.78, 5) is 21.2. The molecule has 0 unspecified atom stereocenters. The SMILES string of the molecule is CC(=O)c1ccc(Cl)cc1NC=O. The fourth-order valence-corrected chi connectivity index (χ4v) is 1.18. The lowest BCUT2D eigenvalue weighted by atomic mass is 10.1. The lowest BCUT2D eigenvalue weighted by Gasteiger charge is -2.04. The molecule has 0 saturated carbocycles. The van der Waals surface area contributed by atoms with Gasteiger partial charge in [0.1, 0.15) is 0 Å². The first-order valence-electron chi connectivity index (χ1n) is 3.66. The van der Waals surface area contributed by atoms with Crippen LogP contribution in [-0.4, -0.2) is 12.2 Å². The highest BCUT2D eigenvalue weighted by Gasteiger charge is 2.06. The van der Waals surface area contributed by atoms with Gasteiger partial charge < -0.3 is 5.32 Å². The third kappa shape index (κ3) is 2.29. The Morgan fingerprint density at radius 2 is 2.23 bits per heavy atom. The highest BCUT2D eigenvalue weighted by molar-refractivity contribution is 6.31. The van der Waals surface area contributed by atoms with Gasteiger partial charge in [-0.25, -0.2) is 0 Å². The fraction of sp³-hybridized carbons (Fsp3) is 0.111. The molecular formula is C9H8ClNO2. The molecule has 1 rings (SSSR count). The van der Waals surface area contributed by atoms with E-state index in [-0.39, 0.29) is 5.78 Å². The van der Waals surface area contributed by atoms with E-state index in [1.165, 1.54) is 13.0 Å². The first-order valence-corrected chi connectivity index (χ1v) is 4.03. The summed E-state index contributed by atoms with van der Waals surface area (Å²) >= 11 is 5.69. The van der Waals surface area contributed by atoms with Crippen molar-refractivity contribution in [3.8, 4) is 0 Å². The van der Waals surface area contributed by atoms with E-state index in [1.807, 2.05) is 0 Å². The van der Waals surface area contributed by atoms with Gasteiger partial charge in [0.15, 0.2) is 5.78 Å². The molecule has 1 aromatic rings. The first-order chi connectivity index (χ1) is 6.15. The molecule has 0 saturated heterocycles. The number of anilines is 1. The first kappa shape index (κ1) is 9.74. The van der Waals surface area contributed by atoms with E-state index in [0.29, 0.717) is 22.7 Å². The number of ketones is 1. The molecule has 0 heterocycles. The second kappa shape index (κ2) is 4.05. The van der Waals surface area contributed by atoms with Crippen molar-refractivity contribution in [2.24, 2.45) is 0 Å². The predicted molar refractivity (Wildman–Crippen MR) is 51.1 cm³/mol. The van der Waals surface area contributed by atoms with Crippen molar-refractivity contribution < 1.29 is 9.59 Å². The van der Waals surface area contributed by atoms with E-state index < -0.39 is 0 Å². The molecule has 1 aromatic carbocycles. The maximum atomic E-state index is 11.1. The number of nitrogens with one attached hydrogen (secondary N) is 1.